The SMILES string of the molecule is N#Cc1cccc2c(-c3ccc4c5c(ccc(-c6cccc(-c7ccc(-c8nc(-c9ccccc9)nc(-c9ccccc9)n8)cc7)c6)c35)-c3ccccc3-4)cccc12. The first-order chi connectivity index (χ1) is 28.7. The molecule has 1 aliphatic carbocycles. The maximum Gasteiger partial charge on any atom is 0.164 e. The minimum Gasteiger partial charge on any atom is -0.208 e. The molecule has 0 bridgehead atoms. The van der Waals surface area contributed by atoms with Gasteiger partial charge in [-0.05, 0) is 83.9 Å². The Labute approximate surface area is 336 Å². The van der Waals surface area contributed by atoms with Crippen LogP contribution in [0, 0.1) is 11.3 Å². The molecule has 0 unspecified atom stereocenters. The highest BCUT2D eigenvalue weighted by molar-refractivity contribution is 6.23. The van der Waals surface area contributed by atoms with Crippen LogP contribution in [0.3, 0.4) is 0 Å². The number of aromatic nitrogens is 3. The molecule has 268 valence electrons. The molecule has 1 heterocycles. The van der Waals surface area contributed by atoms with E-state index in [1.165, 1.54) is 38.6 Å². The summed E-state index contributed by atoms with van der Waals surface area (Å²) in [6.45, 7) is 0. The van der Waals surface area contributed by atoms with Gasteiger partial charge in [-0.3, -0.25) is 0 Å². The van der Waals surface area contributed by atoms with Crippen molar-refractivity contribution in [2.24, 2.45) is 0 Å². The van der Waals surface area contributed by atoms with Gasteiger partial charge >= 0.3 is 0 Å². The van der Waals surface area contributed by atoms with Crippen molar-refractivity contribution in [3.63, 3.8) is 0 Å². The molecule has 0 saturated heterocycles. The van der Waals surface area contributed by atoms with Crippen molar-refractivity contribution in [3.05, 3.63) is 200 Å². The first kappa shape index (κ1) is 33.3. The maximum absolute atomic E-state index is 9.99. The molecule has 10 aromatic rings. The molecule has 4 heteroatoms. The van der Waals surface area contributed by atoms with Crippen molar-refractivity contribution in [3.8, 4) is 95.9 Å². The summed E-state index contributed by atoms with van der Waals surface area (Å²) < 4.78 is 0. The van der Waals surface area contributed by atoms with E-state index in [1.807, 2.05) is 78.9 Å². The Morgan fingerprint density at radius 3 is 1.34 bits per heavy atom. The fourth-order valence-electron chi connectivity index (χ4n) is 8.62. The predicted molar refractivity (Wildman–Crippen MR) is 237 cm³/mol. The third-order valence-electron chi connectivity index (χ3n) is 11.4. The van der Waals surface area contributed by atoms with Crippen molar-refractivity contribution >= 4 is 21.5 Å². The molecule has 0 aliphatic heterocycles. The number of fused-ring (bicyclic) bond motifs is 4. The molecule has 0 radical (unpaired) electrons. The molecule has 58 heavy (non-hydrogen) atoms. The predicted octanol–water partition coefficient (Wildman–Crippen LogP) is 13.7. The molecule has 9 aromatic carbocycles. The molecule has 0 saturated carbocycles. The van der Waals surface area contributed by atoms with E-state index in [0.717, 1.165) is 55.3 Å². The summed E-state index contributed by atoms with van der Waals surface area (Å²) >= 11 is 0. The van der Waals surface area contributed by atoms with Crippen LogP contribution in [-0.2, 0) is 0 Å². The molecular formula is C54H32N4. The van der Waals surface area contributed by atoms with Crippen molar-refractivity contribution in [2.45, 2.75) is 0 Å². The van der Waals surface area contributed by atoms with Gasteiger partial charge in [0.1, 0.15) is 0 Å². The Morgan fingerprint density at radius 1 is 0.293 bits per heavy atom. The quantitative estimate of drug-likeness (QED) is 0.170. The Kier molecular flexibility index (Phi) is 7.84. The van der Waals surface area contributed by atoms with Gasteiger partial charge in [0.25, 0.3) is 0 Å². The van der Waals surface area contributed by atoms with Crippen LogP contribution in [0.4, 0.5) is 0 Å². The molecule has 1 aliphatic rings. The Bertz CT molecular complexity index is 3190. The molecule has 1 aromatic heterocycles. The highest BCUT2D eigenvalue weighted by Crippen LogP contribution is 2.52. The van der Waals surface area contributed by atoms with Crippen LogP contribution >= 0.6 is 0 Å². The number of hydrogen-bond acceptors (Lipinski definition) is 4. The van der Waals surface area contributed by atoms with Crippen LogP contribution in [-0.4, -0.2) is 15.0 Å². The van der Waals surface area contributed by atoms with Gasteiger partial charge in [-0.15, -0.1) is 0 Å². The van der Waals surface area contributed by atoms with Crippen LogP contribution in [0.5, 0.6) is 0 Å². The van der Waals surface area contributed by atoms with Crippen LogP contribution in [0.2, 0.25) is 0 Å². The number of rotatable bonds is 6. The standard InChI is InChI=1S/C54H32N4/c55-33-40-18-10-22-43-41(40)21-11-23-46(43)47-30-31-49-45-20-8-7-19-44(45)48-29-28-42(50(47)51(48)49)39-17-9-16-38(32-39)34-24-26-37(27-25-34)54-57-52(35-12-3-1-4-13-35)56-53(58-54)36-14-5-2-6-15-36/h1-32H. The Balaban J connectivity index is 1.04. The minimum absolute atomic E-state index is 0.629. The number of benzene rings is 9. The first-order valence-electron chi connectivity index (χ1n) is 19.4. The normalized spacial score (nSPS) is 11.4. The molecule has 4 nitrogen and oxygen atoms in total. The van der Waals surface area contributed by atoms with E-state index in [0.29, 0.717) is 23.0 Å². The highest BCUT2D eigenvalue weighted by atomic mass is 15.0. The van der Waals surface area contributed by atoms with Gasteiger partial charge in [-0.1, -0.05) is 182 Å². The van der Waals surface area contributed by atoms with Gasteiger partial charge in [0.05, 0.1) is 11.6 Å². The van der Waals surface area contributed by atoms with Gasteiger partial charge in [0.2, 0.25) is 0 Å². The minimum atomic E-state index is 0.629. The van der Waals surface area contributed by atoms with E-state index in [4.69, 9.17) is 15.0 Å². The molecule has 0 fully saturated rings. The summed E-state index contributed by atoms with van der Waals surface area (Å²) in [7, 11) is 0. The third kappa shape index (κ3) is 5.49. The second-order valence-corrected chi connectivity index (χ2v) is 14.6. The zero-order valence-corrected chi connectivity index (χ0v) is 31.3. The van der Waals surface area contributed by atoms with Gasteiger partial charge < -0.3 is 0 Å². The van der Waals surface area contributed by atoms with E-state index < -0.39 is 0 Å². The van der Waals surface area contributed by atoms with E-state index in [9.17, 15) is 5.26 Å². The van der Waals surface area contributed by atoms with Crippen LogP contribution in [0.1, 0.15) is 5.56 Å². The van der Waals surface area contributed by atoms with Crippen molar-refractivity contribution in [1.82, 2.24) is 15.0 Å². The van der Waals surface area contributed by atoms with Gasteiger partial charge in [0, 0.05) is 22.1 Å². The lowest BCUT2D eigenvalue weighted by molar-refractivity contribution is 1.07. The van der Waals surface area contributed by atoms with Crippen molar-refractivity contribution in [2.75, 3.05) is 0 Å². The fraction of sp³-hybridized carbons (Fsp3) is 0. The summed E-state index contributed by atoms with van der Waals surface area (Å²) in [6, 6.07) is 70.0. The zero-order valence-electron chi connectivity index (χ0n) is 31.3. The zero-order chi connectivity index (χ0) is 38.6. The van der Waals surface area contributed by atoms with Gasteiger partial charge in [0.15, 0.2) is 17.5 Å². The lowest BCUT2D eigenvalue weighted by atomic mass is 9.86. The Morgan fingerprint density at radius 2 is 0.724 bits per heavy atom. The topological polar surface area (TPSA) is 62.5 Å². The Hall–Kier alpha value is -8.00. The summed E-state index contributed by atoms with van der Waals surface area (Å²) in [6.07, 6.45) is 0. The highest BCUT2D eigenvalue weighted by Gasteiger charge is 2.25. The molecule has 11 rings (SSSR count). The van der Waals surface area contributed by atoms with Crippen molar-refractivity contribution < 1.29 is 0 Å². The largest absolute Gasteiger partial charge is 0.208 e. The van der Waals surface area contributed by atoms with E-state index in [-0.39, 0.29) is 0 Å². The maximum atomic E-state index is 9.99. The first-order valence-corrected chi connectivity index (χ1v) is 19.4. The summed E-state index contributed by atoms with van der Waals surface area (Å²) in [5.74, 6) is 1.91. The molecular weight excluding hydrogens is 705 g/mol. The van der Waals surface area contributed by atoms with Crippen LogP contribution in [0.25, 0.3) is 111 Å². The van der Waals surface area contributed by atoms with Gasteiger partial charge in [-0.25, -0.2) is 15.0 Å². The lowest BCUT2D eigenvalue weighted by Crippen LogP contribution is -2.00. The monoisotopic (exact) mass is 736 g/mol. The summed E-state index contributed by atoms with van der Waals surface area (Å²) in [5.41, 5.74) is 15.3. The fourth-order valence-corrected chi connectivity index (χ4v) is 8.62. The van der Waals surface area contributed by atoms with Crippen molar-refractivity contribution in [1.29, 1.82) is 5.26 Å². The average molecular weight is 737 g/mol. The van der Waals surface area contributed by atoms with E-state index in [1.54, 1.807) is 0 Å². The molecule has 0 N–H and O–H groups in total. The molecule has 0 spiro atoms. The molecule has 0 atom stereocenters. The third-order valence-corrected chi connectivity index (χ3v) is 11.4. The number of nitrogens with zero attached hydrogens (tertiary/aromatic N) is 4. The smallest absolute Gasteiger partial charge is 0.164 e. The van der Waals surface area contributed by atoms with Gasteiger partial charge in [-0.2, -0.15) is 5.26 Å². The molecule has 0 amide bonds. The average Bonchev–Trinajstić information content (AvgIpc) is 3.63. The van der Waals surface area contributed by atoms with Crippen LogP contribution < -0.4 is 0 Å². The number of hydrogen-bond donors (Lipinski definition) is 0. The lowest BCUT2D eigenvalue weighted by Gasteiger charge is -2.17. The number of nitriles is 1. The summed E-state index contributed by atoms with van der Waals surface area (Å²) in [5, 5.41) is 14.5. The van der Waals surface area contributed by atoms with E-state index in [2.05, 4.69) is 121 Å². The van der Waals surface area contributed by atoms with Crippen LogP contribution in [0.15, 0.2) is 194 Å². The van der Waals surface area contributed by atoms with E-state index >= 15 is 0 Å². The second kappa shape index (κ2) is 13.6. The second-order valence-electron chi connectivity index (χ2n) is 14.6. The summed E-state index contributed by atoms with van der Waals surface area (Å²) in [4.78, 5) is 14.7.